The number of benzene rings is 2. The molecule has 0 saturated carbocycles. The van der Waals surface area contributed by atoms with Crippen LogP contribution in [0.4, 0.5) is 11.4 Å². The van der Waals surface area contributed by atoms with E-state index in [-0.39, 0.29) is 12.5 Å². The van der Waals surface area contributed by atoms with Crippen molar-refractivity contribution >= 4 is 23.2 Å². The summed E-state index contributed by atoms with van der Waals surface area (Å²) in [6.07, 6.45) is 0. The zero-order valence-corrected chi connectivity index (χ0v) is 19.3. The number of primary amides is 1. The quantitative estimate of drug-likeness (QED) is 0.656. The lowest BCUT2D eigenvalue weighted by molar-refractivity contribution is -0.127. The second-order valence-electron chi connectivity index (χ2n) is 8.99. The van der Waals surface area contributed by atoms with Crippen LogP contribution in [-0.4, -0.2) is 92.0 Å². The molecule has 4 rings (SSSR count). The average Bonchev–Trinajstić information content (AvgIpc) is 2.82. The number of nitrogens with two attached hydrogens (primary N) is 1. The molecule has 33 heavy (non-hydrogen) atoms. The Bertz CT molecular complexity index is 928. The number of anilines is 2. The van der Waals surface area contributed by atoms with Crippen LogP contribution in [0.3, 0.4) is 0 Å². The van der Waals surface area contributed by atoms with E-state index in [0.29, 0.717) is 13.1 Å². The van der Waals surface area contributed by atoms with E-state index < -0.39 is 11.9 Å². The maximum atomic E-state index is 12.7. The third-order valence-corrected chi connectivity index (χ3v) is 6.52. The summed E-state index contributed by atoms with van der Waals surface area (Å²) in [5, 5.41) is 2.96. The SMILES string of the molecule is CN1CCN(c2ccc(NC(=O)CN3CCN(Cc4ccccc4)C[C@@H]3C(N)=O)cc2)CC1. The highest BCUT2D eigenvalue weighted by atomic mass is 16.2. The number of piperazine rings is 2. The van der Waals surface area contributed by atoms with Crippen molar-refractivity contribution in [2.24, 2.45) is 5.73 Å². The molecule has 8 nitrogen and oxygen atoms in total. The molecule has 2 amide bonds. The van der Waals surface area contributed by atoms with Crippen LogP contribution in [0.1, 0.15) is 5.56 Å². The summed E-state index contributed by atoms with van der Waals surface area (Å²) in [6.45, 7) is 6.96. The Hall–Kier alpha value is -2.94. The van der Waals surface area contributed by atoms with Crippen LogP contribution in [0.25, 0.3) is 0 Å². The van der Waals surface area contributed by atoms with Crippen LogP contribution in [0.2, 0.25) is 0 Å². The second kappa shape index (κ2) is 10.8. The van der Waals surface area contributed by atoms with Gasteiger partial charge in [0.05, 0.1) is 6.54 Å². The number of hydrogen-bond acceptors (Lipinski definition) is 6. The molecular weight excluding hydrogens is 416 g/mol. The van der Waals surface area contributed by atoms with E-state index in [1.807, 2.05) is 35.2 Å². The number of rotatable bonds is 7. The van der Waals surface area contributed by atoms with Crippen LogP contribution >= 0.6 is 0 Å². The van der Waals surface area contributed by atoms with Crippen molar-refractivity contribution in [1.29, 1.82) is 0 Å². The Morgan fingerprint density at radius 3 is 2.30 bits per heavy atom. The van der Waals surface area contributed by atoms with Crippen molar-refractivity contribution in [1.82, 2.24) is 14.7 Å². The first-order valence-electron chi connectivity index (χ1n) is 11.6. The Labute approximate surface area is 195 Å². The Morgan fingerprint density at radius 1 is 0.939 bits per heavy atom. The first kappa shape index (κ1) is 23.2. The molecule has 0 radical (unpaired) electrons. The summed E-state index contributed by atoms with van der Waals surface area (Å²) in [7, 11) is 2.14. The lowest BCUT2D eigenvalue weighted by Gasteiger charge is -2.39. The summed E-state index contributed by atoms with van der Waals surface area (Å²) in [5.74, 6) is -0.526. The van der Waals surface area contributed by atoms with E-state index >= 15 is 0 Å². The molecule has 0 unspecified atom stereocenters. The van der Waals surface area contributed by atoms with E-state index in [1.54, 1.807) is 0 Å². The van der Waals surface area contributed by atoms with Crippen LogP contribution < -0.4 is 16.0 Å². The lowest BCUT2D eigenvalue weighted by Crippen LogP contribution is -2.59. The molecule has 2 aliphatic rings. The largest absolute Gasteiger partial charge is 0.369 e. The van der Waals surface area contributed by atoms with Crippen molar-refractivity contribution < 1.29 is 9.59 Å². The molecule has 2 aromatic rings. The third kappa shape index (κ3) is 6.31. The molecule has 3 N–H and O–H groups in total. The van der Waals surface area contributed by atoms with Crippen LogP contribution in [0.15, 0.2) is 54.6 Å². The van der Waals surface area contributed by atoms with Gasteiger partial charge in [-0.2, -0.15) is 0 Å². The molecule has 2 saturated heterocycles. The minimum Gasteiger partial charge on any atom is -0.369 e. The smallest absolute Gasteiger partial charge is 0.238 e. The first-order valence-corrected chi connectivity index (χ1v) is 11.6. The fourth-order valence-electron chi connectivity index (χ4n) is 4.53. The summed E-state index contributed by atoms with van der Waals surface area (Å²) in [6, 6.07) is 17.7. The van der Waals surface area contributed by atoms with Gasteiger partial charge in [-0.1, -0.05) is 30.3 Å². The Balaban J connectivity index is 1.29. The number of amides is 2. The van der Waals surface area contributed by atoms with E-state index in [1.165, 1.54) is 11.3 Å². The normalized spacial score (nSPS) is 20.5. The molecule has 2 heterocycles. The summed E-state index contributed by atoms with van der Waals surface area (Å²) in [5.41, 5.74) is 8.82. The Kier molecular flexibility index (Phi) is 7.59. The highest BCUT2D eigenvalue weighted by Gasteiger charge is 2.32. The van der Waals surface area contributed by atoms with Gasteiger partial charge < -0.3 is 20.9 Å². The summed E-state index contributed by atoms with van der Waals surface area (Å²) < 4.78 is 0. The molecule has 2 fully saturated rings. The van der Waals surface area contributed by atoms with Gasteiger partial charge in [0, 0.05) is 63.7 Å². The van der Waals surface area contributed by atoms with Crippen molar-refractivity contribution in [3.8, 4) is 0 Å². The minimum atomic E-state index is -0.479. The highest BCUT2D eigenvalue weighted by molar-refractivity contribution is 5.93. The molecule has 176 valence electrons. The lowest BCUT2D eigenvalue weighted by atomic mass is 10.1. The standard InChI is InChI=1S/C25H34N6O2/c1-28-11-14-30(15-12-28)22-9-7-21(8-10-22)27-24(32)19-31-16-13-29(18-23(31)25(26)33)17-20-5-3-2-4-6-20/h2-10,23H,11-19H2,1H3,(H2,26,33)(H,27,32)/t23-/m1/s1. The molecule has 0 bridgehead atoms. The van der Waals surface area contributed by atoms with Gasteiger partial charge in [0.2, 0.25) is 11.8 Å². The zero-order valence-electron chi connectivity index (χ0n) is 19.3. The van der Waals surface area contributed by atoms with Crippen molar-refractivity contribution in [3.63, 3.8) is 0 Å². The zero-order chi connectivity index (χ0) is 23.2. The van der Waals surface area contributed by atoms with E-state index in [2.05, 4.69) is 51.3 Å². The summed E-state index contributed by atoms with van der Waals surface area (Å²) in [4.78, 5) is 33.6. The van der Waals surface area contributed by atoms with Crippen LogP contribution in [0.5, 0.6) is 0 Å². The maximum Gasteiger partial charge on any atom is 0.238 e. The third-order valence-electron chi connectivity index (χ3n) is 6.52. The van der Waals surface area contributed by atoms with Gasteiger partial charge in [-0.25, -0.2) is 0 Å². The summed E-state index contributed by atoms with van der Waals surface area (Å²) >= 11 is 0. The highest BCUT2D eigenvalue weighted by Crippen LogP contribution is 2.20. The number of nitrogens with zero attached hydrogens (tertiary/aromatic N) is 4. The van der Waals surface area contributed by atoms with Crippen molar-refractivity contribution in [2.45, 2.75) is 12.6 Å². The van der Waals surface area contributed by atoms with Gasteiger partial charge in [-0.3, -0.25) is 19.4 Å². The number of carbonyl (C=O) groups excluding carboxylic acids is 2. The molecule has 2 aliphatic heterocycles. The predicted octanol–water partition coefficient (Wildman–Crippen LogP) is 1.05. The van der Waals surface area contributed by atoms with Gasteiger partial charge in [-0.05, 0) is 36.9 Å². The van der Waals surface area contributed by atoms with Crippen molar-refractivity contribution in [2.75, 3.05) is 69.6 Å². The maximum absolute atomic E-state index is 12.7. The molecular formula is C25H34N6O2. The fraction of sp³-hybridized carbons (Fsp3) is 0.440. The number of nitrogens with one attached hydrogen (secondary N) is 1. The molecule has 0 aromatic heterocycles. The molecule has 0 spiro atoms. The Morgan fingerprint density at radius 2 is 1.64 bits per heavy atom. The van der Waals surface area contributed by atoms with Gasteiger partial charge in [0.1, 0.15) is 6.04 Å². The monoisotopic (exact) mass is 450 g/mol. The number of hydrogen-bond donors (Lipinski definition) is 2. The van der Waals surface area contributed by atoms with Crippen LogP contribution in [0, 0.1) is 0 Å². The molecule has 0 aliphatic carbocycles. The molecule has 2 aromatic carbocycles. The van der Waals surface area contributed by atoms with Crippen LogP contribution in [-0.2, 0) is 16.1 Å². The molecule has 1 atom stereocenters. The average molecular weight is 451 g/mol. The van der Waals surface area contributed by atoms with E-state index in [4.69, 9.17) is 5.73 Å². The van der Waals surface area contributed by atoms with E-state index in [9.17, 15) is 9.59 Å². The predicted molar refractivity (Wildman–Crippen MR) is 131 cm³/mol. The first-order chi connectivity index (χ1) is 16.0. The number of carbonyl (C=O) groups is 2. The second-order valence-corrected chi connectivity index (χ2v) is 8.99. The minimum absolute atomic E-state index is 0.134. The molecule has 8 heteroatoms. The fourth-order valence-corrected chi connectivity index (χ4v) is 4.53. The van der Waals surface area contributed by atoms with Gasteiger partial charge in [0.25, 0.3) is 0 Å². The topological polar surface area (TPSA) is 85.2 Å². The van der Waals surface area contributed by atoms with Gasteiger partial charge >= 0.3 is 0 Å². The van der Waals surface area contributed by atoms with E-state index in [0.717, 1.165) is 45.0 Å². The van der Waals surface area contributed by atoms with Gasteiger partial charge in [-0.15, -0.1) is 0 Å². The van der Waals surface area contributed by atoms with Gasteiger partial charge in [0.15, 0.2) is 0 Å². The van der Waals surface area contributed by atoms with Crippen molar-refractivity contribution in [3.05, 3.63) is 60.2 Å². The number of likely N-dealkylation sites (N-methyl/N-ethyl adjacent to an activating group) is 1.